The molecule has 0 spiro atoms. The molecule has 31 heavy (non-hydrogen) atoms. The molecule has 4 heteroatoms. The summed E-state index contributed by atoms with van der Waals surface area (Å²) in [5.74, 6) is 0.271. The van der Waals surface area contributed by atoms with Gasteiger partial charge in [-0.1, -0.05) is 99.3 Å². The van der Waals surface area contributed by atoms with Gasteiger partial charge in [0.05, 0.1) is 0 Å². The van der Waals surface area contributed by atoms with Gasteiger partial charge in [-0.3, -0.25) is 9.69 Å². The number of rotatable bonds is 19. The van der Waals surface area contributed by atoms with Gasteiger partial charge in [-0.25, -0.2) is 0 Å². The maximum absolute atomic E-state index is 12.7. The smallest absolute Gasteiger partial charge is 0.224 e. The second-order valence-electron chi connectivity index (χ2n) is 10.9. The van der Waals surface area contributed by atoms with Crippen molar-refractivity contribution in [2.75, 3.05) is 26.2 Å². The summed E-state index contributed by atoms with van der Waals surface area (Å²) in [6.45, 7) is 19.0. The Bertz CT molecular complexity index is 433. The van der Waals surface area contributed by atoms with Gasteiger partial charge in [0.1, 0.15) is 0 Å². The SMILES string of the molecule is CCCCCCCCC(CCCCCCC)N(CC(C)C(=O)NCP(C)C)C(C)(C)C. The number of unbranched alkanes of at least 4 members (excludes halogenated alkanes) is 9. The largest absolute Gasteiger partial charge is 0.352 e. The van der Waals surface area contributed by atoms with E-state index in [4.69, 9.17) is 0 Å². The predicted octanol–water partition coefficient (Wildman–Crippen LogP) is 8.02. The first-order valence-corrected chi connectivity index (χ1v) is 15.7. The Hall–Kier alpha value is -0.140. The zero-order valence-corrected chi connectivity index (χ0v) is 23.5. The van der Waals surface area contributed by atoms with Crippen LogP contribution in [-0.2, 0) is 4.79 Å². The molecule has 2 unspecified atom stereocenters. The van der Waals surface area contributed by atoms with E-state index in [0.717, 1.165) is 12.8 Å². The normalized spacial score (nSPS) is 14.3. The van der Waals surface area contributed by atoms with Crippen molar-refractivity contribution in [2.45, 2.75) is 137 Å². The standard InChI is InChI=1S/C27H57N2OP/c1-9-11-13-15-17-19-21-25(20-18-16-14-12-10-2)29(27(4,5)6)22-24(3)26(30)28-23-31(7)8/h24-25H,9-23H2,1-8H3,(H,28,30). The van der Waals surface area contributed by atoms with Crippen molar-refractivity contribution in [3.8, 4) is 0 Å². The minimum Gasteiger partial charge on any atom is -0.352 e. The van der Waals surface area contributed by atoms with E-state index < -0.39 is 0 Å². The molecule has 0 heterocycles. The molecule has 1 N–H and O–H groups in total. The lowest BCUT2D eigenvalue weighted by Crippen LogP contribution is -2.51. The minimum absolute atomic E-state index is 0.0429. The molecule has 0 radical (unpaired) electrons. The van der Waals surface area contributed by atoms with Crippen molar-refractivity contribution in [3.63, 3.8) is 0 Å². The van der Waals surface area contributed by atoms with E-state index in [2.05, 4.69) is 65.1 Å². The Morgan fingerprint density at radius 2 is 1.29 bits per heavy atom. The molecule has 0 aliphatic heterocycles. The average molecular weight is 457 g/mol. The summed E-state index contributed by atoms with van der Waals surface area (Å²) in [4.78, 5) is 15.4. The van der Waals surface area contributed by atoms with E-state index in [-0.39, 0.29) is 25.3 Å². The van der Waals surface area contributed by atoms with Crippen molar-refractivity contribution >= 4 is 13.8 Å². The van der Waals surface area contributed by atoms with Gasteiger partial charge in [0.25, 0.3) is 0 Å². The fourth-order valence-corrected chi connectivity index (χ4v) is 4.83. The summed E-state index contributed by atoms with van der Waals surface area (Å²) in [5, 5.41) is 3.18. The van der Waals surface area contributed by atoms with E-state index in [1.807, 2.05) is 0 Å². The third-order valence-electron chi connectivity index (χ3n) is 6.32. The number of hydrogen-bond acceptors (Lipinski definition) is 2. The highest BCUT2D eigenvalue weighted by Gasteiger charge is 2.31. The third-order valence-corrected chi connectivity index (χ3v) is 7.11. The van der Waals surface area contributed by atoms with Crippen LogP contribution in [0.1, 0.15) is 125 Å². The highest BCUT2D eigenvalue weighted by Crippen LogP contribution is 2.27. The van der Waals surface area contributed by atoms with E-state index in [1.165, 1.54) is 83.5 Å². The number of carbonyl (C=O) groups excluding carboxylic acids is 1. The second kappa shape index (κ2) is 18.3. The lowest BCUT2D eigenvalue weighted by Gasteiger charge is -2.43. The minimum atomic E-state index is -0.0868. The summed E-state index contributed by atoms with van der Waals surface area (Å²) in [6, 6.07) is 0.595. The quantitative estimate of drug-likeness (QED) is 0.158. The van der Waals surface area contributed by atoms with E-state index >= 15 is 0 Å². The molecular weight excluding hydrogens is 399 g/mol. The van der Waals surface area contributed by atoms with Crippen LogP contribution in [0, 0.1) is 5.92 Å². The number of amides is 1. The summed E-state index contributed by atoms with van der Waals surface area (Å²) < 4.78 is 0. The molecule has 3 nitrogen and oxygen atoms in total. The van der Waals surface area contributed by atoms with Crippen LogP contribution in [0.5, 0.6) is 0 Å². The third kappa shape index (κ3) is 16.2. The molecule has 2 atom stereocenters. The molecule has 0 aliphatic carbocycles. The van der Waals surface area contributed by atoms with Gasteiger partial charge in [0.15, 0.2) is 0 Å². The van der Waals surface area contributed by atoms with Gasteiger partial charge in [0, 0.05) is 30.3 Å². The molecule has 0 aromatic rings. The van der Waals surface area contributed by atoms with Crippen molar-refractivity contribution in [3.05, 3.63) is 0 Å². The van der Waals surface area contributed by atoms with E-state index in [1.54, 1.807) is 0 Å². The zero-order chi connectivity index (χ0) is 23.7. The second-order valence-corrected chi connectivity index (χ2v) is 13.4. The topological polar surface area (TPSA) is 32.3 Å². The number of nitrogens with zero attached hydrogens (tertiary/aromatic N) is 1. The molecule has 0 aliphatic rings. The molecular formula is C27H57N2OP. The van der Waals surface area contributed by atoms with Crippen molar-refractivity contribution in [1.29, 1.82) is 0 Å². The Morgan fingerprint density at radius 1 is 0.839 bits per heavy atom. The lowest BCUT2D eigenvalue weighted by atomic mass is 9.92. The van der Waals surface area contributed by atoms with E-state index in [0.29, 0.717) is 6.04 Å². The Balaban J connectivity index is 5.00. The van der Waals surface area contributed by atoms with Crippen LogP contribution in [0.25, 0.3) is 0 Å². The first-order valence-electron chi connectivity index (χ1n) is 13.3. The van der Waals surface area contributed by atoms with Crippen LogP contribution in [-0.4, -0.2) is 48.5 Å². The van der Waals surface area contributed by atoms with Gasteiger partial charge in [-0.15, -0.1) is 0 Å². The molecule has 0 rings (SSSR count). The highest BCUT2D eigenvalue weighted by atomic mass is 31.1. The van der Waals surface area contributed by atoms with Gasteiger partial charge >= 0.3 is 0 Å². The van der Waals surface area contributed by atoms with Crippen molar-refractivity contribution in [1.82, 2.24) is 10.2 Å². The van der Waals surface area contributed by atoms with Crippen molar-refractivity contribution < 1.29 is 4.79 Å². The van der Waals surface area contributed by atoms with Crippen LogP contribution >= 0.6 is 7.92 Å². The van der Waals surface area contributed by atoms with Gasteiger partial charge in [-0.05, 0) is 46.9 Å². The number of carbonyl (C=O) groups is 1. The molecule has 0 saturated heterocycles. The highest BCUT2D eigenvalue weighted by molar-refractivity contribution is 7.55. The van der Waals surface area contributed by atoms with Crippen LogP contribution in [0.3, 0.4) is 0 Å². The monoisotopic (exact) mass is 456 g/mol. The average Bonchev–Trinajstić information content (AvgIpc) is 2.70. The summed E-state index contributed by atoms with van der Waals surface area (Å²) in [7, 11) is -0.0868. The molecule has 1 amide bonds. The lowest BCUT2D eigenvalue weighted by molar-refractivity contribution is -0.125. The molecule has 0 bridgehead atoms. The predicted molar refractivity (Wildman–Crippen MR) is 143 cm³/mol. The molecule has 0 aromatic heterocycles. The molecule has 0 saturated carbocycles. The maximum atomic E-state index is 12.7. The fraction of sp³-hybridized carbons (Fsp3) is 0.963. The van der Waals surface area contributed by atoms with Gasteiger partial charge in [-0.2, -0.15) is 0 Å². The number of hydrogen-bond donors (Lipinski definition) is 1. The first kappa shape index (κ1) is 30.9. The zero-order valence-electron chi connectivity index (χ0n) is 22.6. The molecule has 186 valence electrons. The molecule has 0 fully saturated rings. The Kier molecular flexibility index (Phi) is 18.2. The molecule has 0 aromatic carbocycles. The van der Waals surface area contributed by atoms with Crippen LogP contribution in [0.15, 0.2) is 0 Å². The first-order chi connectivity index (χ1) is 14.6. The van der Waals surface area contributed by atoms with E-state index in [9.17, 15) is 4.79 Å². The van der Waals surface area contributed by atoms with Gasteiger partial charge < -0.3 is 5.32 Å². The fourth-order valence-electron chi connectivity index (χ4n) is 4.36. The summed E-state index contributed by atoms with van der Waals surface area (Å²) in [5.41, 5.74) is 0.0902. The Morgan fingerprint density at radius 3 is 1.71 bits per heavy atom. The van der Waals surface area contributed by atoms with Crippen LogP contribution < -0.4 is 5.32 Å². The summed E-state index contributed by atoms with van der Waals surface area (Å²) in [6.07, 6.45) is 18.2. The van der Waals surface area contributed by atoms with Crippen molar-refractivity contribution in [2.24, 2.45) is 5.92 Å². The number of nitrogens with one attached hydrogen (secondary N) is 1. The maximum Gasteiger partial charge on any atom is 0.224 e. The summed E-state index contributed by atoms with van der Waals surface area (Å²) >= 11 is 0. The Labute approximate surface area is 197 Å². The van der Waals surface area contributed by atoms with Crippen LogP contribution in [0.4, 0.5) is 0 Å². The van der Waals surface area contributed by atoms with Gasteiger partial charge in [0.2, 0.25) is 5.91 Å². The van der Waals surface area contributed by atoms with Crippen LogP contribution in [0.2, 0.25) is 0 Å².